The number of anilines is 1. The number of hydrogen-bond acceptors (Lipinski definition) is 4. The number of nitrogens with zero attached hydrogens (tertiary/aromatic N) is 4. The Hall–Kier alpha value is -2.87. The highest BCUT2D eigenvalue weighted by molar-refractivity contribution is 5.90. The van der Waals surface area contributed by atoms with Gasteiger partial charge in [-0.1, -0.05) is 12.1 Å². The number of nitrogens with one attached hydrogen (secondary N) is 1. The normalized spacial score (nSPS) is 17.0. The summed E-state index contributed by atoms with van der Waals surface area (Å²) in [7, 11) is 1.71. The molecule has 0 spiro atoms. The van der Waals surface area contributed by atoms with Crippen molar-refractivity contribution >= 4 is 22.8 Å². The molecule has 3 heterocycles. The second kappa shape index (κ2) is 6.80. The van der Waals surface area contributed by atoms with Gasteiger partial charge in [0.05, 0.1) is 23.8 Å². The third kappa shape index (κ3) is 3.03. The predicted octanol–water partition coefficient (Wildman–Crippen LogP) is 1.21. The molecule has 8 nitrogen and oxygen atoms in total. The van der Waals surface area contributed by atoms with Crippen molar-refractivity contribution in [2.45, 2.75) is 19.5 Å². The van der Waals surface area contributed by atoms with E-state index in [1.807, 2.05) is 24.3 Å². The molecule has 0 radical (unpaired) electrons. The fourth-order valence-electron chi connectivity index (χ4n) is 3.40. The number of hydrogen-bond donors (Lipinski definition) is 1. The summed E-state index contributed by atoms with van der Waals surface area (Å²) in [6.07, 6.45) is 2.66. The van der Waals surface area contributed by atoms with Crippen LogP contribution < -0.4 is 11.0 Å². The summed E-state index contributed by atoms with van der Waals surface area (Å²) in [5, 5.41) is 7.15. The molecule has 1 atom stereocenters. The molecule has 1 aliphatic heterocycles. The summed E-state index contributed by atoms with van der Waals surface area (Å²) >= 11 is 0. The number of carbonyl (C=O) groups is 1. The van der Waals surface area contributed by atoms with Crippen LogP contribution in [0.2, 0.25) is 0 Å². The first-order valence-corrected chi connectivity index (χ1v) is 8.67. The molecular formula is C18H21N5O3. The lowest BCUT2D eigenvalue weighted by Crippen LogP contribution is -2.29. The van der Waals surface area contributed by atoms with Gasteiger partial charge in [0.1, 0.15) is 12.4 Å². The van der Waals surface area contributed by atoms with E-state index >= 15 is 0 Å². The van der Waals surface area contributed by atoms with Crippen molar-refractivity contribution in [2.75, 3.05) is 18.5 Å². The SMILES string of the molecule is Cn1c(=O)n(CC(=O)Nc2ccnn2C[C@@H]2CCOC2)c2ccccc21. The number of benzene rings is 1. The van der Waals surface area contributed by atoms with Crippen LogP contribution in [0.5, 0.6) is 0 Å². The molecule has 1 saturated heterocycles. The fraction of sp³-hybridized carbons (Fsp3) is 0.389. The molecule has 1 aromatic carbocycles. The van der Waals surface area contributed by atoms with Gasteiger partial charge in [0.15, 0.2) is 0 Å². The van der Waals surface area contributed by atoms with E-state index < -0.39 is 0 Å². The Morgan fingerprint density at radius 3 is 2.88 bits per heavy atom. The van der Waals surface area contributed by atoms with Gasteiger partial charge in [-0.2, -0.15) is 5.10 Å². The van der Waals surface area contributed by atoms with E-state index in [0.717, 1.165) is 30.7 Å². The highest BCUT2D eigenvalue weighted by Crippen LogP contribution is 2.17. The van der Waals surface area contributed by atoms with Crippen LogP contribution in [-0.4, -0.2) is 38.0 Å². The summed E-state index contributed by atoms with van der Waals surface area (Å²) in [5.74, 6) is 0.786. The summed E-state index contributed by atoms with van der Waals surface area (Å²) in [4.78, 5) is 25.0. The molecule has 0 saturated carbocycles. The summed E-state index contributed by atoms with van der Waals surface area (Å²) < 4.78 is 10.2. The van der Waals surface area contributed by atoms with E-state index in [-0.39, 0.29) is 18.1 Å². The minimum Gasteiger partial charge on any atom is -0.381 e. The Morgan fingerprint density at radius 1 is 1.31 bits per heavy atom. The number of para-hydroxylation sites is 2. The maximum absolute atomic E-state index is 12.5. The molecule has 3 aromatic rings. The van der Waals surface area contributed by atoms with Crippen LogP contribution in [0.4, 0.5) is 5.82 Å². The van der Waals surface area contributed by atoms with Gasteiger partial charge in [-0.15, -0.1) is 0 Å². The van der Waals surface area contributed by atoms with Crippen LogP contribution in [0.15, 0.2) is 41.3 Å². The van der Waals surface area contributed by atoms with E-state index in [4.69, 9.17) is 4.74 Å². The Labute approximate surface area is 150 Å². The van der Waals surface area contributed by atoms with E-state index in [9.17, 15) is 9.59 Å². The average molecular weight is 355 g/mol. The molecule has 136 valence electrons. The van der Waals surface area contributed by atoms with Gasteiger partial charge in [-0.3, -0.25) is 13.9 Å². The third-order valence-electron chi connectivity index (χ3n) is 4.79. The average Bonchev–Trinajstić information content (AvgIpc) is 3.35. The number of amides is 1. The number of rotatable bonds is 5. The van der Waals surface area contributed by atoms with Crippen LogP contribution in [0.1, 0.15) is 6.42 Å². The van der Waals surface area contributed by atoms with Crippen LogP contribution in [0.25, 0.3) is 11.0 Å². The van der Waals surface area contributed by atoms with E-state index in [2.05, 4.69) is 10.4 Å². The molecule has 4 rings (SSSR count). The van der Waals surface area contributed by atoms with Gasteiger partial charge >= 0.3 is 5.69 Å². The molecule has 0 unspecified atom stereocenters. The monoisotopic (exact) mass is 355 g/mol. The second-order valence-electron chi connectivity index (χ2n) is 6.59. The predicted molar refractivity (Wildman–Crippen MR) is 97.0 cm³/mol. The van der Waals surface area contributed by atoms with Gasteiger partial charge in [0.25, 0.3) is 0 Å². The highest BCUT2D eigenvalue weighted by Gasteiger charge is 2.19. The largest absolute Gasteiger partial charge is 0.381 e. The first-order chi connectivity index (χ1) is 12.6. The first kappa shape index (κ1) is 16.6. The van der Waals surface area contributed by atoms with Crippen LogP contribution in [-0.2, 0) is 29.7 Å². The minimum absolute atomic E-state index is 0.0437. The third-order valence-corrected chi connectivity index (χ3v) is 4.79. The zero-order chi connectivity index (χ0) is 18.1. The molecule has 0 bridgehead atoms. The van der Waals surface area contributed by atoms with Crippen molar-refractivity contribution in [1.29, 1.82) is 0 Å². The molecule has 26 heavy (non-hydrogen) atoms. The molecule has 0 aliphatic carbocycles. The van der Waals surface area contributed by atoms with Gasteiger partial charge in [0.2, 0.25) is 5.91 Å². The van der Waals surface area contributed by atoms with Gasteiger partial charge in [-0.25, -0.2) is 9.48 Å². The number of aromatic nitrogens is 4. The van der Waals surface area contributed by atoms with E-state index in [0.29, 0.717) is 18.3 Å². The van der Waals surface area contributed by atoms with Crippen molar-refractivity contribution in [1.82, 2.24) is 18.9 Å². The minimum atomic E-state index is -0.257. The Kier molecular flexibility index (Phi) is 4.34. The topological polar surface area (TPSA) is 83.1 Å². The summed E-state index contributed by atoms with van der Waals surface area (Å²) in [6, 6.07) is 9.20. The number of aryl methyl sites for hydroxylation is 1. The Morgan fingerprint density at radius 2 is 2.12 bits per heavy atom. The maximum Gasteiger partial charge on any atom is 0.329 e. The van der Waals surface area contributed by atoms with Crippen molar-refractivity contribution < 1.29 is 9.53 Å². The molecule has 8 heteroatoms. The lowest BCUT2D eigenvalue weighted by atomic mass is 10.1. The van der Waals surface area contributed by atoms with Crippen LogP contribution in [0.3, 0.4) is 0 Å². The Balaban J connectivity index is 1.51. The van der Waals surface area contributed by atoms with Crippen LogP contribution >= 0.6 is 0 Å². The molecule has 1 amide bonds. The number of carbonyl (C=O) groups excluding carboxylic acids is 1. The number of fused-ring (bicyclic) bond motifs is 1. The zero-order valence-electron chi connectivity index (χ0n) is 14.6. The summed E-state index contributed by atoms with van der Waals surface area (Å²) in [6.45, 7) is 2.16. The number of ether oxygens (including phenoxy) is 1. The van der Waals surface area contributed by atoms with Crippen molar-refractivity contribution in [3.05, 3.63) is 47.0 Å². The van der Waals surface area contributed by atoms with E-state index in [1.54, 1.807) is 28.6 Å². The molecule has 2 aromatic heterocycles. The zero-order valence-corrected chi connectivity index (χ0v) is 14.6. The van der Waals surface area contributed by atoms with Gasteiger partial charge < -0.3 is 10.1 Å². The second-order valence-corrected chi connectivity index (χ2v) is 6.59. The first-order valence-electron chi connectivity index (χ1n) is 8.67. The van der Waals surface area contributed by atoms with Gasteiger partial charge in [0, 0.05) is 32.2 Å². The number of imidazole rings is 1. The van der Waals surface area contributed by atoms with Gasteiger partial charge in [-0.05, 0) is 18.6 Å². The van der Waals surface area contributed by atoms with Crippen LogP contribution in [0, 0.1) is 5.92 Å². The van der Waals surface area contributed by atoms with Crippen molar-refractivity contribution in [2.24, 2.45) is 13.0 Å². The van der Waals surface area contributed by atoms with Crippen molar-refractivity contribution in [3.63, 3.8) is 0 Å². The van der Waals surface area contributed by atoms with Crippen molar-refractivity contribution in [3.8, 4) is 0 Å². The summed E-state index contributed by atoms with van der Waals surface area (Å²) in [5.41, 5.74) is 1.33. The molecule has 1 aliphatic rings. The lowest BCUT2D eigenvalue weighted by Gasteiger charge is -2.12. The molecule has 1 N–H and O–H groups in total. The Bertz CT molecular complexity index is 994. The quantitative estimate of drug-likeness (QED) is 0.746. The standard InChI is InChI=1S/C18H21N5O3/c1-21-14-4-2-3-5-15(14)22(18(21)25)11-17(24)20-16-6-8-19-23(16)10-13-7-9-26-12-13/h2-6,8,13H,7,9-12H2,1H3,(H,20,24)/t13-/m0/s1. The smallest absolute Gasteiger partial charge is 0.329 e. The molecule has 1 fully saturated rings. The fourth-order valence-corrected chi connectivity index (χ4v) is 3.40. The highest BCUT2D eigenvalue weighted by atomic mass is 16.5. The maximum atomic E-state index is 12.5. The van der Waals surface area contributed by atoms with E-state index in [1.165, 1.54) is 4.57 Å². The lowest BCUT2D eigenvalue weighted by molar-refractivity contribution is -0.116. The molecular weight excluding hydrogens is 334 g/mol.